The predicted molar refractivity (Wildman–Crippen MR) is 216 cm³/mol. The van der Waals surface area contributed by atoms with Crippen LogP contribution in [0.25, 0.3) is 94.3 Å². The highest BCUT2D eigenvalue weighted by molar-refractivity contribution is 6.13. The number of fused-ring (bicyclic) bond motifs is 5. The van der Waals surface area contributed by atoms with E-state index >= 15 is 0 Å². The number of benzene rings is 8. The van der Waals surface area contributed by atoms with Crippen molar-refractivity contribution < 1.29 is 0 Å². The van der Waals surface area contributed by atoms with Crippen LogP contribution < -0.4 is 0 Å². The first-order chi connectivity index (χ1) is 26.2. The van der Waals surface area contributed by atoms with Gasteiger partial charge in [0.1, 0.15) is 0 Å². The average molecular weight is 676 g/mol. The molecule has 0 amide bonds. The first-order valence-corrected chi connectivity index (χ1v) is 17.6. The third kappa shape index (κ3) is 5.13. The molecular formula is C48H29N5. The number of rotatable bonds is 5. The Morgan fingerprint density at radius 3 is 1.64 bits per heavy atom. The van der Waals surface area contributed by atoms with Crippen LogP contribution in [0.2, 0.25) is 0 Å². The van der Waals surface area contributed by atoms with Gasteiger partial charge in [-0.3, -0.25) is 4.57 Å². The first-order valence-electron chi connectivity index (χ1n) is 17.6. The molecule has 53 heavy (non-hydrogen) atoms. The van der Waals surface area contributed by atoms with Crippen molar-refractivity contribution in [3.8, 4) is 57.0 Å². The molecule has 5 heteroatoms. The first kappa shape index (κ1) is 30.4. The van der Waals surface area contributed by atoms with Crippen LogP contribution >= 0.6 is 0 Å². The molecule has 0 fully saturated rings. The number of aromatic nitrogens is 4. The van der Waals surface area contributed by atoms with E-state index in [-0.39, 0.29) is 0 Å². The van der Waals surface area contributed by atoms with Gasteiger partial charge in [-0.2, -0.15) is 15.2 Å². The van der Waals surface area contributed by atoms with Crippen molar-refractivity contribution in [2.75, 3.05) is 0 Å². The number of hydrogen-bond acceptors (Lipinski definition) is 4. The summed E-state index contributed by atoms with van der Waals surface area (Å²) in [5.41, 5.74) is 8.91. The van der Waals surface area contributed by atoms with E-state index < -0.39 is 0 Å². The van der Waals surface area contributed by atoms with Gasteiger partial charge in [0, 0.05) is 21.9 Å². The van der Waals surface area contributed by atoms with Gasteiger partial charge in [0.25, 0.3) is 0 Å². The second kappa shape index (κ2) is 12.4. The van der Waals surface area contributed by atoms with Crippen LogP contribution in [-0.2, 0) is 0 Å². The highest BCUT2D eigenvalue weighted by atomic mass is 15.2. The normalized spacial score (nSPS) is 11.4. The van der Waals surface area contributed by atoms with Crippen LogP contribution in [0.15, 0.2) is 176 Å². The summed E-state index contributed by atoms with van der Waals surface area (Å²) < 4.78 is 2.10. The molecule has 2 aromatic heterocycles. The third-order valence-electron chi connectivity index (χ3n) is 10.1. The van der Waals surface area contributed by atoms with E-state index in [4.69, 9.17) is 15.0 Å². The molecule has 0 atom stereocenters. The zero-order valence-electron chi connectivity index (χ0n) is 28.5. The van der Waals surface area contributed by atoms with E-state index in [0.29, 0.717) is 23.2 Å². The lowest BCUT2D eigenvalue weighted by atomic mass is 9.90. The van der Waals surface area contributed by atoms with Crippen molar-refractivity contribution in [3.63, 3.8) is 0 Å². The number of nitriles is 1. The molecule has 0 aliphatic heterocycles. The smallest absolute Gasteiger partial charge is 0.238 e. The van der Waals surface area contributed by atoms with Crippen molar-refractivity contribution in [2.45, 2.75) is 0 Å². The Morgan fingerprint density at radius 2 is 0.943 bits per heavy atom. The summed E-state index contributed by atoms with van der Waals surface area (Å²) in [5.74, 6) is 1.69. The van der Waals surface area contributed by atoms with E-state index in [9.17, 15) is 5.26 Å². The molecule has 0 saturated heterocycles. The molecule has 0 unspecified atom stereocenters. The lowest BCUT2D eigenvalue weighted by molar-refractivity contribution is 0.953. The van der Waals surface area contributed by atoms with Crippen molar-refractivity contribution >= 4 is 43.4 Å². The second-order valence-corrected chi connectivity index (χ2v) is 13.2. The van der Waals surface area contributed by atoms with Gasteiger partial charge in [-0.1, -0.05) is 146 Å². The Bertz CT molecular complexity index is 3000. The summed E-state index contributed by atoms with van der Waals surface area (Å²) >= 11 is 0. The molecule has 0 saturated carbocycles. The molecule has 8 aromatic carbocycles. The lowest BCUT2D eigenvalue weighted by Crippen LogP contribution is -2.06. The summed E-state index contributed by atoms with van der Waals surface area (Å²) in [6, 6.07) is 63.0. The van der Waals surface area contributed by atoms with Crippen molar-refractivity contribution in [2.24, 2.45) is 0 Å². The second-order valence-electron chi connectivity index (χ2n) is 13.2. The fraction of sp³-hybridized carbons (Fsp3) is 0. The van der Waals surface area contributed by atoms with Crippen LogP contribution in [0.4, 0.5) is 0 Å². The molecule has 0 aliphatic carbocycles. The molecule has 0 radical (unpaired) electrons. The SMILES string of the molecule is N#Cc1ccc2c(c1)c1cc(-c3ccc(-c4cccc5ccccc45)c4ccccc34)ccc1n2-c1nc(-c2ccccc2)nc(-c2ccccc2)n1. The molecule has 10 aromatic rings. The van der Waals surface area contributed by atoms with Gasteiger partial charge in [0.05, 0.1) is 22.7 Å². The van der Waals surface area contributed by atoms with Crippen LogP contribution in [0.1, 0.15) is 5.56 Å². The van der Waals surface area contributed by atoms with Crippen LogP contribution in [0.3, 0.4) is 0 Å². The topological polar surface area (TPSA) is 67.4 Å². The Kier molecular flexibility index (Phi) is 7.12. The van der Waals surface area contributed by atoms with E-state index in [1.54, 1.807) is 0 Å². The van der Waals surface area contributed by atoms with Gasteiger partial charge in [-0.25, -0.2) is 4.98 Å². The van der Waals surface area contributed by atoms with Crippen LogP contribution in [-0.4, -0.2) is 19.5 Å². The molecule has 2 heterocycles. The highest BCUT2D eigenvalue weighted by Gasteiger charge is 2.20. The maximum atomic E-state index is 9.97. The van der Waals surface area contributed by atoms with Gasteiger partial charge in [-0.05, 0) is 74.1 Å². The van der Waals surface area contributed by atoms with E-state index in [2.05, 4.69) is 108 Å². The molecule has 5 nitrogen and oxygen atoms in total. The third-order valence-corrected chi connectivity index (χ3v) is 10.1. The lowest BCUT2D eigenvalue weighted by Gasteiger charge is -2.14. The van der Waals surface area contributed by atoms with Crippen molar-refractivity contribution in [1.29, 1.82) is 5.26 Å². The standard InChI is InChI=1S/C48H29N5/c49-30-31-22-26-44-42(28-31)43-29-35(37-24-25-41(40-20-10-9-19-38(37)40)39-21-11-17-32-12-7-8-18-36(32)39)23-27-45(43)53(44)48-51-46(33-13-3-1-4-14-33)50-47(52-48)34-15-5-2-6-16-34/h1-29H. The minimum Gasteiger partial charge on any atom is -0.278 e. The predicted octanol–water partition coefficient (Wildman–Crippen LogP) is 11.8. The quantitative estimate of drug-likeness (QED) is 0.182. The fourth-order valence-corrected chi connectivity index (χ4v) is 7.62. The summed E-state index contributed by atoms with van der Waals surface area (Å²) in [5, 5.41) is 16.8. The minimum absolute atomic E-state index is 0.514. The summed E-state index contributed by atoms with van der Waals surface area (Å²) in [6.45, 7) is 0. The highest BCUT2D eigenvalue weighted by Crippen LogP contribution is 2.41. The fourth-order valence-electron chi connectivity index (χ4n) is 7.62. The van der Waals surface area contributed by atoms with Crippen LogP contribution in [0.5, 0.6) is 0 Å². The summed E-state index contributed by atoms with van der Waals surface area (Å²) in [4.78, 5) is 15.1. The van der Waals surface area contributed by atoms with Crippen molar-refractivity contribution in [3.05, 3.63) is 181 Å². The van der Waals surface area contributed by atoms with Crippen LogP contribution in [0, 0.1) is 11.3 Å². The number of nitrogens with zero attached hydrogens (tertiary/aromatic N) is 5. The maximum Gasteiger partial charge on any atom is 0.238 e. The number of hydrogen-bond donors (Lipinski definition) is 0. The molecule has 0 aliphatic rings. The van der Waals surface area contributed by atoms with Gasteiger partial charge < -0.3 is 0 Å². The van der Waals surface area contributed by atoms with E-state index in [1.807, 2.05) is 78.9 Å². The van der Waals surface area contributed by atoms with E-state index in [0.717, 1.165) is 44.1 Å². The van der Waals surface area contributed by atoms with Gasteiger partial charge in [0.15, 0.2) is 11.6 Å². The zero-order chi connectivity index (χ0) is 35.3. The minimum atomic E-state index is 0.514. The molecule has 0 spiro atoms. The molecule has 246 valence electrons. The Labute approximate surface area is 305 Å². The monoisotopic (exact) mass is 675 g/mol. The van der Waals surface area contributed by atoms with E-state index in [1.165, 1.54) is 32.7 Å². The van der Waals surface area contributed by atoms with Gasteiger partial charge >= 0.3 is 0 Å². The molecule has 0 bridgehead atoms. The Morgan fingerprint density at radius 1 is 0.396 bits per heavy atom. The molecular weight excluding hydrogens is 647 g/mol. The zero-order valence-corrected chi connectivity index (χ0v) is 28.5. The Hall–Kier alpha value is -7.42. The van der Waals surface area contributed by atoms with Crippen molar-refractivity contribution in [1.82, 2.24) is 19.5 Å². The molecule has 10 rings (SSSR count). The summed E-state index contributed by atoms with van der Waals surface area (Å²) in [6.07, 6.45) is 0. The largest absolute Gasteiger partial charge is 0.278 e. The maximum absolute atomic E-state index is 9.97. The van der Waals surface area contributed by atoms with Gasteiger partial charge in [-0.15, -0.1) is 0 Å². The van der Waals surface area contributed by atoms with Gasteiger partial charge in [0.2, 0.25) is 5.95 Å². The average Bonchev–Trinajstić information content (AvgIpc) is 3.56. The molecule has 0 N–H and O–H groups in total. The summed E-state index contributed by atoms with van der Waals surface area (Å²) in [7, 11) is 0. The Balaban J connectivity index is 1.20.